The zero-order valence-corrected chi connectivity index (χ0v) is 19.4. The Morgan fingerprint density at radius 3 is 2.26 bits per heavy atom. The molecule has 0 aromatic heterocycles. The van der Waals surface area contributed by atoms with E-state index in [9.17, 15) is 19.6 Å². The molecule has 0 bridgehead atoms. The lowest BCUT2D eigenvalue weighted by molar-refractivity contribution is -0.151. The first-order valence-electron chi connectivity index (χ1n) is 10.8. The molecule has 7 nitrogen and oxygen atoms in total. The summed E-state index contributed by atoms with van der Waals surface area (Å²) in [6, 6.07) is 14.5. The van der Waals surface area contributed by atoms with E-state index in [1.165, 1.54) is 4.90 Å². The minimum absolute atomic E-state index is 0.00254. The Labute approximate surface area is 201 Å². The van der Waals surface area contributed by atoms with Crippen molar-refractivity contribution in [1.82, 2.24) is 4.90 Å². The van der Waals surface area contributed by atoms with E-state index >= 15 is 0 Å². The molecule has 34 heavy (non-hydrogen) atoms. The van der Waals surface area contributed by atoms with Crippen molar-refractivity contribution in [3.05, 3.63) is 87.1 Å². The lowest BCUT2D eigenvalue weighted by atomic mass is 9.87. The quantitative estimate of drug-likeness (QED) is 0.579. The summed E-state index contributed by atoms with van der Waals surface area (Å²) in [5.41, 5.74) is 1.89. The highest BCUT2D eigenvalue weighted by Gasteiger charge is 2.49. The van der Waals surface area contributed by atoms with E-state index in [2.05, 4.69) is 6.07 Å². The van der Waals surface area contributed by atoms with Crippen LogP contribution in [-0.2, 0) is 25.6 Å². The third-order valence-corrected chi connectivity index (χ3v) is 5.93. The van der Waals surface area contributed by atoms with E-state index < -0.39 is 18.0 Å². The van der Waals surface area contributed by atoms with Crippen molar-refractivity contribution in [3.63, 3.8) is 0 Å². The lowest BCUT2D eigenvalue weighted by Crippen LogP contribution is -2.47. The molecule has 2 aromatic carbocycles. The Balaban J connectivity index is 2.01. The van der Waals surface area contributed by atoms with E-state index in [1.54, 1.807) is 62.4 Å². The van der Waals surface area contributed by atoms with Gasteiger partial charge in [0, 0.05) is 22.7 Å². The largest absolute Gasteiger partial charge is 0.464 e. The summed E-state index contributed by atoms with van der Waals surface area (Å²) < 4.78 is 10.6. The van der Waals surface area contributed by atoms with Gasteiger partial charge in [0.15, 0.2) is 11.8 Å². The first kappa shape index (κ1) is 23.3. The highest BCUT2D eigenvalue weighted by molar-refractivity contribution is 6.31. The predicted octanol–water partition coefficient (Wildman–Crippen LogP) is 4.08. The van der Waals surface area contributed by atoms with Crippen LogP contribution in [0.4, 0.5) is 0 Å². The SMILES string of the molecule is CCOC(=O)C1=C2C(=C(C#N)N(Cc3ccc(Cl)cc3)C1C(=O)OCC)C(=O)c1ccccc12. The molecule has 2 aliphatic rings. The lowest BCUT2D eigenvalue weighted by Gasteiger charge is -2.37. The van der Waals surface area contributed by atoms with Gasteiger partial charge in [0.05, 0.1) is 24.4 Å². The number of esters is 2. The molecular formula is C26H21ClN2O5. The fourth-order valence-corrected chi connectivity index (χ4v) is 4.44. The van der Waals surface area contributed by atoms with Gasteiger partial charge in [-0.15, -0.1) is 0 Å². The van der Waals surface area contributed by atoms with Gasteiger partial charge in [-0.1, -0.05) is 48.0 Å². The van der Waals surface area contributed by atoms with Crippen molar-refractivity contribution in [1.29, 1.82) is 5.26 Å². The molecule has 0 fully saturated rings. The summed E-state index contributed by atoms with van der Waals surface area (Å²) in [6.07, 6.45) is 0. The maximum absolute atomic E-state index is 13.4. The van der Waals surface area contributed by atoms with Crippen LogP contribution < -0.4 is 0 Å². The molecule has 0 saturated carbocycles. The topological polar surface area (TPSA) is 96.7 Å². The van der Waals surface area contributed by atoms with Crippen LogP contribution in [0.2, 0.25) is 5.02 Å². The second kappa shape index (κ2) is 9.54. The van der Waals surface area contributed by atoms with E-state index in [4.69, 9.17) is 21.1 Å². The van der Waals surface area contributed by atoms with Crippen molar-refractivity contribution in [2.75, 3.05) is 13.2 Å². The molecule has 1 atom stereocenters. The molecule has 4 rings (SSSR count). The maximum atomic E-state index is 13.4. The van der Waals surface area contributed by atoms with Crippen molar-refractivity contribution in [2.45, 2.75) is 26.4 Å². The number of ketones is 1. The van der Waals surface area contributed by atoms with Gasteiger partial charge in [-0.05, 0) is 37.1 Å². The van der Waals surface area contributed by atoms with Crippen LogP contribution in [0.25, 0.3) is 5.57 Å². The molecule has 0 spiro atoms. The van der Waals surface area contributed by atoms with Crippen LogP contribution in [0.15, 0.2) is 65.4 Å². The number of fused-ring (bicyclic) bond motifs is 3. The van der Waals surface area contributed by atoms with Crippen molar-refractivity contribution >= 4 is 34.9 Å². The predicted molar refractivity (Wildman–Crippen MR) is 124 cm³/mol. The molecule has 2 aromatic rings. The number of Topliss-reactive ketones (excluding diaryl/α,β-unsaturated/α-hetero) is 1. The summed E-state index contributed by atoms with van der Waals surface area (Å²) in [5, 5.41) is 10.7. The molecule has 1 aliphatic heterocycles. The van der Waals surface area contributed by atoms with Crippen LogP contribution in [0.5, 0.6) is 0 Å². The first-order valence-corrected chi connectivity index (χ1v) is 11.2. The average molecular weight is 477 g/mol. The summed E-state index contributed by atoms with van der Waals surface area (Å²) in [7, 11) is 0. The average Bonchev–Trinajstić information content (AvgIpc) is 3.12. The fraction of sp³-hybridized carbons (Fsp3) is 0.231. The molecule has 8 heteroatoms. The van der Waals surface area contributed by atoms with Gasteiger partial charge in [-0.3, -0.25) is 4.79 Å². The Morgan fingerprint density at radius 1 is 1.00 bits per heavy atom. The number of nitrogens with zero attached hydrogens (tertiary/aromatic N) is 2. The first-order chi connectivity index (χ1) is 16.4. The van der Waals surface area contributed by atoms with Gasteiger partial charge >= 0.3 is 11.9 Å². The number of carbonyl (C=O) groups excluding carboxylic acids is 3. The minimum Gasteiger partial charge on any atom is -0.464 e. The Kier molecular flexibility index (Phi) is 6.53. The minimum atomic E-state index is -1.28. The number of nitriles is 1. The van der Waals surface area contributed by atoms with Crippen LogP contribution in [-0.4, -0.2) is 41.9 Å². The smallest absolute Gasteiger partial charge is 0.337 e. The van der Waals surface area contributed by atoms with Gasteiger partial charge in [0.2, 0.25) is 0 Å². The van der Waals surface area contributed by atoms with Gasteiger partial charge in [-0.2, -0.15) is 5.26 Å². The highest BCUT2D eigenvalue weighted by atomic mass is 35.5. The van der Waals surface area contributed by atoms with E-state index in [-0.39, 0.29) is 48.0 Å². The molecule has 1 heterocycles. The van der Waals surface area contributed by atoms with Gasteiger partial charge in [-0.25, -0.2) is 9.59 Å². The van der Waals surface area contributed by atoms with Crippen LogP contribution in [0.1, 0.15) is 35.3 Å². The Hall–Kier alpha value is -3.89. The number of carbonyl (C=O) groups is 3. The summed E-state index contributed by atoms with van der Waals surface area (Å²) in [5.74, 6) is -1.83. The van der Waals surface area contributed by atoms with E-state index in [0.29, 0.717) is 16.1 Å². The summed E-state index contributed by atoms with van der Waals surface area (Å²) in [4.78, 5) is 41.4. The Bertz CT molecular complexity index is 1290. The number of halogens is 1. The number of hydrogen-bond acceptors (Lipinski definition) is 7. The van der Waals surface area contributed by atoms with Crippen molar-refractivity contribution in [3.8, 4) is 6.07 Å². The van der Waals surface area contributed by atoms with Crippen LogP contribution in [0.3, 0.4) is 0 Å². The molecule has 0 amide bonds. The molecule has 0 radical (unpaired) electrons. The highest BCUT2D eigenvalue weighted by Crippen LogP contribution is 2.46. The standard InChI is InChI=1S/C26H21ClN2O5/c1-3-33-25(31)22-20-17-7-5-6-8-18(17)24(30)21(20)19(13-28)29(23(22)26(32)34-4-2)14-15-9-11-16(27)12-10-15/h5-12,23H,3-4,14H2,1-2H3. The number of hydrogen-bond donors (Lipinski definition) is 0. The van der Waals surface area contributed by atoms with Crippen molar-refractivity contribution < 1.29 is 23.9 Å². The summed E-state index contributed by atoms with van der Waals surface area (Å²) in [6.45, 7) is 3.52. The van der Waals surface area contributed by atoms with E-state index in [1.807, 2.05) is 0 Å². The number of benzene rings is 2. The zero-order valence-electron chi connectivity index (χ0n) is 18.6. The third-order valence-electron chi connectivity index (χ3n) is 5.67. The Morgan fingerprint density at radius 2 is 1.65 bits per heavy atom. The van der Waals surface area contributed by atoms with E-state index in [0.717, 1.165) is 5.56 Å². The van der Waals surface area contributed by atoms with Gasteiger partial charge in [0.1, 0.15) is 11.8 Å². The molecule has 1 unspecified atom stereocenters. The normalized spacial score (nSPS) is 16.7. The molecule has 172 valence electrons. The molecule has 1 aliphatic carbocycles. The molecule has 0 N–H and O–H groups in total. The number of ether oxygens (including phenoxy) is 2. The molecular weight excluding hydrogens is 456 g/mol. The fourth-order valence-electron chi connectivity index (χ4n) is 4.32. The van der Waals surface area contributed by atoms with Crippen LogP contribution in [0, 0.1) is 11.3 Å². The monoisotopic (exact) mass is 476 g/mol. The van der Waals surface area contributed by atoms with Crippen molar-refractivity contribution in [2.24, 2.45) is 0 Å². The summed E-state index contributed by atoms with van der Waals surface area (Å²) >= 11 is 6.01. The van der Waals surface area contributed by atoms with Gasteiger partial charge in [0.25, 0.3) is 0 Å². The number of allylic oxidation sites excluding steroid dienone is 3. The van der Waals surface area contributed by atoms with Gasteiger partial charge < -0.3 is 14.4 Å². The second-order valence-corrected chi connectivity index (χ2v) is 8.06. The zero-order chi connectivity index (χ0) is 24.4. The second-order valence-electron chi connectivity index (χ2n) is 7.63. The maximum Gasteiger partial charge on any atom is 0.337 e. The third kappa shape index (κ3) is 3.87. The van der Waals surface area contributed by atoms with Crippen LogP contribution >= 0.6 is 11.6 Å². The number of rotatable bonds is 6. The molecule has 0 saturated heterocycles.